The first-order valence-corrected chi connectivity index (χ1v) is 7.91. The van der Waals surface area contributed by atoms with Crippen LogP contribution in [0.3, 0.4) is 0 Å². The van der Waals surface area contributed by atoms with E-state index in [2.05, 4.69) is 5.32 Å². The van der Waals surface area contributed by atoms with Crippen LogP contribution >= 0.6 is 0 Å². The number of rotatable bonds is 6. The fourth-order valence-electron chi connectivity index (χ4n) is 3.14. The number of nitrogens with one attached hydrogen (secondary N) is 1. The molecule has 0 heterocycles. The molecule has 5 heteroatoms. The Morgan fingerprint density at radius 3 is 2.24 bits per heavy atom. The van der Waals surface area contributed by atoms with Crippen molar-refractivity contribution in [2.24, 2.45) is 22.5 Å². The van der Waals surface area contributed by atoms with Crippen molar-refractivity contribution in [1.29, 1.82) is 0 Å². The second-order valence-corrected chi connectivity index (χ2v) is 7.56. The van der Waals surface area contributed by atoms with Gasteiger partial charge in [-0.25, -0.2) is 0 Å². The van der Waals surface area contributed by atoms with Gasteiger partial charge in [0.15, 0.2) is 0 Å². The molecular weight excluding hydrogens is 268 g/mol. The molecule has 1 atom stereocenters. The van der Waals surface area contributed by atoms with Gasteiger partial charge in [0.25, 0.3) is 0 Å². The minimum atomic E-state index is -0.851. The zero-order valence-corrected chi connectivity index (χ0v) is 13.6. The van der Waals surface area contributed by atoms with Crippen LogP contribution in [0.2, 0.25) is 0 Å². The topological polar surface area (TPSA) is 92.4 Å². The van der Waals surface area contributed by atoms with Crippen molar-refractivity contribution in [3.63, 3.8) is 0 Å². The van der Waals surface area contributed by atoms with Crippen molar-refractivity contribution in [2.45, 2.75) is 59.3 Å². The summed E-state index contributed by atoms with van der Waals surface area (Å²) in [5.41, 5.74) is 5.27. The molecule has 0 aromatic carbocycles. The third kappa shape index (κ3) is 5.30. The first-order chi connectivity index (χ1) is 9.70. The van der Waals surface area contributed by atoms with Crippen LogP contribution in [0.1, 0.15) is 59.3 Å². The average molecular weight is 298 g/mol. The summed E-state index contributed by atoms with van der Waals surface area (Å²) in [6.07, 6.45) is 5.36. The summed E-state index contributed by atoms with van der Waals surface area (Å²) >= 11 is 0. The van der Waals surface area contributed by atoms with Crippen LogP contribution < -0.4 is 11.1 Å². The Morgan fingerprint density at radius 1 is 1.24 bits per heavy atom. The number of hydrogen-bond donors (Lipinski definition) is 3. The van der Waals surface area contributed by atoms with Gasteiger partial charge in [0.2, 0.25) is 5.91 Å². The number of carbonyl (C=O) groups excluding carboxylic acids is 1. The maximum absolute atomic E-state index is 12.5. The number of amides is 1. The molecule has 1 aliphatic rings. The lowest BCUT2D eigenvalue weighted by molar-refractivity contribution is -0.143. The van der Waals surface area contributed by atoms with Gasteiger partial charge in [-0.2, -0.15) is 0 Å². The molecule has 21 heavy (non-hydrogen) atoms. The van der Waals surface area contributed by atoms with Gasteiger partial charge < -0.3 is 16.2 Å². The molecule has 1 aliphatic carbocycles. The van der Waals surface area contributed by atoms with E-state index in [1.807, 2.05) is 20.8 Å². The van der Waals surface area contributed by atoms with Gasteiger partial charge in [-0.05, 0) is 24.7 Å². The molecule has 0 saturated heterocycles. The van der Waals surface area contributed by atoms with E-state index in [0.717, 1.165) is 32.1 Å². The number of hydrogen-bond acceptors (Lipinski definition) is 3. The lowest BCUT2D eigenvalue weighted by Gasteiger charge is -2.35. The number of aliphatic carboxylic acids is 1. The highest BCUT2D eigenvalue weighted by Gasteiger charge is 2.38. The molecule has 4 N–H and O–H groups in total. The van der Waals surface area contributed by atoms with Gasteiger partial charge in [0.05, 0.1) is 11.3 Å². The lowest BCUT2D eigenvalue weighted by Crippen LogP contribution is -2.49. The Bertz CT molecular complexity index is 368. The maximum Gasteiger partial charge on any atom is 0.308 e. The van der Waals surface area contributed by atoms with Crippen molar-refractivity contribution in [3.05, 3.63) is 0 Å². The Hall–Kier alpha value is -1.10. The van der Waals surface area contributed by atoms with Crippen LogP contribution in [0.4, 0.5) is 0 Å². The highest BCUT2D eigenvalue weighted by Crippen LogP contribution is 2.35. The van der Waals surface area contributed by atoms with Crippen LogP contribution in [-0.2, 0) is 9.59 Å². The summed E-state index contributed by atoms with van der Waals surface area (Å²) in [7, 11) is 0. The maximum atomic E-state index is 12.5. The summed E-state index contributed by atoms with van der Waals surface area (Å²) < 4.78 is 0. The van der Waals surface area contributed by atoms with E-state index >= 15 is 0 Å². The largest absolute Gasteiger partial charge is 0.481 e. The molecular formula is C16H30N2O3. The molecule has 0 aliphatic heterocycles. The van der Waals surface area contributed by atoms with E-state index < -0.39 is 17.3 Å². The second-order valence-electron chi connectivity index (χ2n) is 7.56. The average Bonchev–Trinajstić information content (AvgIpc) is 2.42. The van der Waals surface area contributed by atoms with Crippen molar-refractivity contribution in [2.75, 3.05) is 13.1 Å². The fourth-order valence-corrected chi connectivity index (χ4v) is 3.14. The predicted molar refractivity (Wildman–Crippen MR) is 82.8 cm³/mol. The second kappa shape index (κ2) is 7.25. The van der Waals surface area contributed by atoms with Gasteiger partial charge in [-0.15, -0.1) is 0 Å². The third-order valence-electron chi connectivity index (χ3n) is 4.40. The van der Waals surface area contributed by atoms with E-state index in [9.17, 15) is 14.7 Å². The van der Waals surface area contributed by atoms with Crippen LogP contribution in [-0.4, -0.2) is 30.1 Å². The zero-order valence-electron chi connectivity index (χ0n) is 13.6. The Balaban J connectivity index is 2.62. The van der Waals surface area contributed by atoms with E-state index in [-0.39, 0.29) is 17.9 Å². The molecule has 1 rings (SSSR count). The van der Waals surface area contributed by atoms with Crippen molar-refractivity contribution in [1.82, 2.24) is 5.32 Å². The summed E-state index contributed by atoms with van der Waals surface area (Å²) in [5, 5.41) is 12.2. The van der Waals surface area contributed by atoms with Crippen LogP contribution in [0, 0.1) is 16.7 Å². The molecule has 5 nitrogen and oxygen atoms in total. The molecule has 1 amide bonds. The standard InChI is InChI=1S/C16H30N2O3/c1-15(2,3)9-12(13(19)20)10-18-14(21)16(11-17)7-5-4-6-8-16/h12H,4-11,17H2,1-3H3,(H,18,21)(H,19,20). The first kappa shape index (κ1) is 18.0. The van der Waals surface area contributed by atoms with E-state index in [1.165, 1.54) is 0 Å². The SMILES string of the molecule is CC(C)(C)CC(CNC(=O)C1(CN)CCCCC1)C(=O)O. The number of carboxylic acid groups (broad SMARTS) is 1. The van der Waals surface area contributed by atoms with E-state index in [0.29, 0.717) is 13.0 Å². The summed E-state index contributed by atoms with van der Waals surface area (Å²) in [4.78, 5) is 23.8. The zero-order chi connectivity index (χ0) is 16.1. The van der Waals surface area contributed by atoms with Crippen molar-refractivity contribution >= 4 is 11.9 Å². The number of carboxylic acids is 1. The fraction of sp³-hybridized carbons (Fsp3) is 0.875. The minimum Gasteiger partial charge on any atom is -0.481 e. The van der Waals surface area contributed by atoms with Gasteiger partial charge in [-0.3, -0.25) is 9.59 Å². The molecule has 1 saturated carbocycles. The molecule has 1 unspecified atom stereocenters. The summed E-state index contributed by atoms with van der Waals surface area (Å²) in [5.74, 6) is -1.46. The summed E-state index contributed by atoms with van der Waals surface area (Å²) in [6.45, 7) is 6.55. The number of nitrogens with two attached hydrogens (primary N) is 1. The minimum absolute atomic E-state index is 0.0649. The van der Waals surface area contributed by atoms with Crippen LogP contribution in [0.15, 0.2) is 0 Å². The van der Waals surface area contributed by atoms with Crippen LogP contribution in [0.5, 0.6) is 0 Å². The van der Waals surface area contributed by atoms with Crippen molar-refractivity contribution in [3.8, 4) is 0 Å². The van der Waals surface area contributed by atoms with Gasteiger partial charge in [0, 0.05) is 13.1 Å². The van der Waals surface area contributed by atoms with Gasteiger partial charge in [0.1, 0.15) is 0 Å². The van der Waals surface area contributed by atoms with E-state index in [4.69, 9.17) is 5.73 Å². The third-order valence-corrected chi connectivity index (χ3v) is 4.40. The van der Waals surface area contributed by atoms with Crippen molar-refractivity contribution < 1.29 is 14.7 Å². The quantitative estimate of drug-likeness (QED) is 0.700. The number of carbonyl (C=O) groups is 2. The molecule has 122 valence electrons. The Kier molecular flexibility index (Phi) is 6.20. The van der Waals surface area contributed by atoms with E-state index in [1.54, 1.807) is 0 Å². The van der Waals surface area contributed by atoms with Crippen LogP contribution in [0.25, 0.3) is 0 Å². The lowest BCUT2D eigenvalue weighted by atomic mass is 9.73. The van der Waals surface area contributed by atoms with Gasteiger partial charge >= 0.3 is 5.97 Å². The predicted octanol–water partition coefficient (Wildman–Crippen LogP) is 2.15. The molecule has 0 radical (unpaired) electrons. The molecule has 0 aromatic heterocycles. The van der Waals surface area contributed by atoms with Gasteiger partial charge in [-0.1, -0.05) is 40.0 Å². The smallest absolute Gasteiger partial charge is 0.308 e. The Labute approximate surface area is 127 Å². The molecule has 0 bridgehead atoms. The molecule has 1 fully saturated rings. The normalized spacial score (nSPS) is 19.8. The highest BCUT2D eigenvalue weighted by atomic mass is 16.4. The Morgan fingerprint density at radius 2 is 1.81 bits per heavy atom. The summed E-state index contributed by atoms with van der Waals surface area (Å²) in [6, 6.07) is 0. The molecule has 0 spiro atoms. The monoisotopic (exact) mass is 298 g/mol. The molecule has 0 aromatic rings. The first-order valence-electron chi connectivity index (χ1n) is 7.91. The highest BCUT2D eigenvalue weighted by molar-refractivity contribution is 5.83.